The Morgan fingerprint density at radius 3 is 2.47 bits per heavy atom. The van der Waals surface area contributed by atoms with Gasteiger partial charge >= 0.3 is 0 Å². The molecule has 4 heteroatoms. The summed E-state index contributed by atoms with van der Waals surface area (Å²) >= 11 is 6.13. The van der Waals surface area contributed by atoms with Crippen LogP contribution in [0.25, 0.3) is 22.3 Å². The number of halogens is 1. The van der Waals surface area contributed by atoms with Crippen molar-refractivity contribution in [3.8, 4) is 11.3 Å². The summed E-state index contributed by atoms with van der Waals surface area (Å²) in [6.45, 7) is 0. The largest absolute Gasteiger partial charge is 0.287 e. The highest BCUT2D eigenvalue weighted by Gasteiger charge is 2.29. The summed E-state index contributed by atoms with van der Waals surface area (Å²) < 4.78 is 0. The number of aromatic nitrogens is 2. The average molecular weight is 267 g/mol. The van der Waals surface area contributed by atoms with E-state index in [1.165, 1.54) is 0 Å². The van der Waals surface area contributed by atoms with Crippen molar-refractivity contribution in [2.45, 2.75) is 0 Å². The van der Waals surface area contributed by atoms with Gasteiger partial charge in [-0.3, -0.25) is 4.79 Å². The summed E-state index contributed by atoms with van der Waals surface area (Å²) in [5, 5.41) is 0.546. The van der Waals surface area contributed by atoms with Crippen molar-refractivity contribution in [3.63, 3.8) is 0 Å². The fourth-order valence-corrected chi connectivity index (χ4v) is 2.62. The van der Waals surface area contributed by atoms with Gasteiger partial charge in [0.2, 0.25) is 5.78 Å². The molecule has 3 nitrogen and oxygen atoms in total. The first-order valence-corrected chi connectivity index (χ1v) is 6.24. The van der Waals surface area contributed by atoms with E-state index in [2.05, 4.69) is 9.97 Å². The van der Waals surface area contributed by atoms with Crippen LogP contribution in [0.15, 0.2) is 42.5 Å². The molecule has 3 aromatic rings. The molecule has 0 atom stereocenters. The molecule has 0 saturated carbocycles. The Hall–Kier alpha value is -2.26. The highest BCUT2D eigenvalue weighted by Crippen LogP contribution is 2.35. The Kier molecular flexibility index (Phi) is 2.03. The fraction of sp³-hybridized carbons (Fsp3) is 0. The average Bonchev–Trinajstić information content (AvgIpc) is 2.72. The SMILES string of the molecule is O=C1c2ccccc2-c2nc3c(Cl)cccc3nc21. The minimum Gasteiger partial charge on any atom is -0.287 e. The number of fused-ring (bicyclic) bond motifs is 4. The van der Waals surface area contributed by atoms with E-state index < -0.39 is 0 Å². The van der Waals surface area contributed by atoms with Crippen LogP contribution in [0.3, 0.4) is 0 Å². The van der Waals surface area contributed by atoms with Gasteiger partial charge in [-0.15, -0.1) is 0 Å². The summed E-state index contributed by atoms with van der Waals surface area (Å²) in [4.78, 5) is 21.2. The number of hydrogen-bond acceptors (Lipinski definition) is 3. The first-order valence-electron chi connectivity index (χ1n) is 5.86. The van der Waals surface area contributed by atoms with Gasteiger partial charge in [0.15, 0.2) is 0 Å². The molecule has 0 bridgehead atoms. The van der Waals surface area contributed by atoms with E-state index >= 15 is 0 Å². The first kappa shape index (κ1) is 10.6. The van der Waals surface area contributed by atoms with Crippen molar-refractivity contribution in [3.05, 3.63) is 58.7 Å². The zero-order valence-electron chi connectivity index (χ0n) is 9.72. The molecule has 0 N–H and O–H groups in total. The van der Waals surface area contributed by atoms with Crippen LogP contribution in [-0.2, 0) is 0 Å². The van der Waals surface area contributed by atoms with Crippen LogP contribution in [0.4, 0.5) is 0 Å². The molecule has 1 aliphatic carbocycles. The standard InChI is InChI=1S/C15H7ClN2O/c16-10-6-3-7-11-13(10)18-12-8-4-1-2-5-9(8)15(19)14(12)17-11/h1-7H. The molecule has 0 fully saturated rings. The second kappa shape index (κ2) is 3.62. The van der Waals surface area contributed by atoms with Crippen LogP contribution in [0.2, 0.25) is 5.02 Å². The van der Waals surface area contributed by atoms with Gasteiger partial charge in [-0.25, -0.2) is 9.97 Å². The lowest BCUT2D eigenvalue weighted by Gasteiger charge is -2.02. The highest BCUT2D eigenvalue weighted by atomic mass is 35.5. The maximum atomic E-state index is 12.3. The van der Waals surface area contributed by atoms with E-state index in [4.69, 9.17) is 11.6 Å². The second-order valence-corrected chi connectivity index (χ2v) is 4.81. The molecule has 90 valence electrons. The normalized spacial score (nSPS) is 12.6. The van der Waals surface area contributed by atoms with E-state index in [0.717, 1.165) is 5.56 Å². The van der Waals surface area contributed by atoms with E-state index in [9.17, 15) is 4.79 Å². The van der Waals surface area contributed by atoms with E-state index in [0.29, 0.717) is 33.0 Å². The third-order valence-electron chi connectivity index (χ3n) is 3.29. The topological polar surface area (TPSA) is 42.9 Å². The van der Waals surface area contributed by atoms with Gasteiger partial charge in [0.25, 0.3) is 0 Å². The predicted molar refractivity (Wildman–Crippen MR) is 73.4 cm³/mol. The number of benzene rings is 2. The summed E-state index contributed by atoms with van der Waals surface area (Å²) in [7, 11) is 0. The predicted octanol–water partition coefficient (Wildman–Crippen LogP) is 3.49. The third kappa shape index (κ3) is 1.36. The monoisotopic (exact) mass is 266 g/mol. The van der Waals surface area contributed by atoms with Gasteiger partial charge in [0.05, 0.1) is 10.5 Å². The van der Waals surface area contributed by atoms with Gasteiger partial charge in [0.1, 0.15) is 16.9 Å². The van der Waals surface area contributed by atoms with Gasteiger partial charge in [-0.2, -0.15) is 0 Å². The van der Waals surface area contributed by atoms with Crippen molar-refractivity contribution in [1.82, 2.24) is 9.97 Å². The number of hydrogen-bond donors (Lipinski definition) is 0. The summed E-state index contributed by atoms with van der Waals surface area (Å²) in [6.07, 6.45) is 0. The Morgan fingerprint density at radius 2 is 1.63 bits per heavy atom. The summed E-state index contributed by atoms with van der Waals surface area (Å²) in [5.41, 5.74) is 3.80. The first-order chi connectivity index (χ1) is 9.25. The van der Waals surface area contributed by atoms with E-state index in [-0.39, 0.29) is 5.78 Å². The Balaban J connectivity index is 2.15. The fourth-order valence-electron chi connectivity index (χ4n) is 2.40. The van der Waals surface area contributed by atoms with Crippen LogP contribution in [-0.4, -0.2) is 15.8 Å². The zero-order valence-corrected chi connectivity index (χ0v) is 10.5. The van der Waals surface area contributed by atoms with Crippen molar-refractivity contribution in [2.24, 2.45) is 0 Å². The van der Waals surface area contributed by atoms with Gasteiger partial charge < -0.3 is 0 Å². The Morgan fingerprint density at radius 1 is 0.842 bits per heavy atom. The lowest BCUT2D eigenvalue weighted by atomic mass is 10.1. The van der Waals surface area contributed by atoms with Crippen molar-refractivity contribution in [2.75, 3.05) is 0 Å². The number of rotatable bonds is 0. The number of carbonyl (C=O) groups excluding carboxylic acids is 1. The molecule has 0 saturated heterocycles. The number of carbonyl (C=O) groups is 1. The van der Waals surface area contributed by atoms with Gasteiger partial charge in [0, 0.05) is 11.1 Å². The molecular weight excluding hydrogens is 260 g/mol. The van der Waals surface area contributed by atoms with Crippen LogP contribution in [0.1, 0.15) is 16.1 Å². The molecule has 2 aromatic carbocycles. The summed E-state index contributed by atoms with van der Waals surface area (Å²) in [6, 6.07) is 12.8. The zero-order chi connectivity index (χ0) is 13.0. The van der Waals surface area contributed by atoms with Crippen LogP contribution in [0.5, 0.6) is 0 Å². The molecule has 0 aliphatic heterocycles. The minimum absolute atomic E-state index is 0.0695. The molecule has 4 rings (SSSR count). The van der Waals surface area contributed by atoms with Crippen molar-refractivity contribution in [1.29, 1.82) is 0 Å². The molecule has 0 spiro atoms. The third-order valence-corrected chi connectivity index (χ3v) is 3.59. The second-order valence-electron chi connectivity index (χ2n) is 4.40. The number of para-hydroxylation sites is 1. The van der Waals surface area contributed by atoms with Gasteiger partial charge in [-0.1, -0.05) is 41.9 Å². The maximum Gasteiger partial charge on any atom is 0.214 e. The molecular formula is C15H7ClN2O. The minimum atomic E-state index is -0.0695. The highest BCUT2D eigenvalue weighted by molar-refractivity contribution is 6.35. The van der Waals surface area contributed by atoms with Crippen molar-refractivity contribution < 1.29 is 4.79 Å². The van der Waals surface area contributed by atoms with Crippen molar-refractivity contribution >= 4 is 28.4 Å². The van der Waals surface area contributed by atoms with Crippen LogP contribution < -0.4 is 0 Å². The molecule has 0 amide bonds. The lowest BCUT2D eigenvalue weighted by Crippen LogP contribution is -2.00. The van der Waals surface area contributed by atoms with Gasteiger partial charge in [-0.05, 0) is 12.1 Å². The maximum absolute atomic E-state index is 12.3. The Bertz CT molecular complexity index is 858. The molecule has 0 radical (unpaired) electrons. The quantitative estimate of drug-likeness (QED) is 0.489. The summed E-state index contributed by atoms with van der Waals surface area (Å²) in [5.74, 6) is -0.0695. The van der Waals surface area contributed by atoms with E-state index in [1.54, 1.807) is 18.2 Å². The molecule has 0 unspecified atom stereocenters. The molecule has 1 aliphatic rings. The number of ketones is 1. The smallest absolute Gasteiger partial charge is 0.214 e. The molecule has 1 aromatic heterocycles. The molecule has 19 heavy (non-hydrogen) atoms. The number of nitrogens with zero attached hydrogens (tertiary/aromatic N) is 2. The van der Waals surface area contributed by atoms with Crippen LogP contribution in [0, 0.1) is 0 Å². The Labute approximate surface area is 113 Å². The lowest BCUT2D eigenvalue weighted by molar-refractivity contribution is 0.103. The van der Waals surface area contributed by atoms with Crippen LogP contribution >= 0.6 is 11.6 Å². The molecule has 1 heterocycles. The van der Waals surface area contributed by atoms with E-state index in [1.807, 2.05) is 24.3 Å².